The molecule has 1 aromatic rings. The van der Waals surface area contributed by atoms with Gasteiger partial charge < -0.3 is 19.6 Å². The summed E-state index contributed by atoms with van der Waals surface area (Å²) in [7, 11) is 1.62. The fraction of sp³-hybridized carbons (Fsp3) is 0.636. The van der Waals surface area contributed by atoms with Crippen LogP contribution in [0.25, 0.3) is 0 Å². The lowest BCUT2D eigenvalue weighted by Gasteiger charge is -2.33. The molecule has 2 N–H and O–H groups in total. The highest BCUT2D eigenvalue weighted by atomic mass is 16.5. The Morgan fingerprint density at radius 3 is 2.95 bits per heavy atom. The molecular weight excluding hydrogens is 266 g/mol. The van der Waals surface area contributed by atoms with Gasteiger partial charge in [-0.2, -0.15) is 5.10 Å². The van der Waals surface area contributed by atoms with Gasteiger partial charge in [-0.3, -0.25) is 5.10 Å². The minimum atomic E-state index is -1.06. The van der Waals surface area contributed by atoms with E-state index >= 15 is 0 Å². The second-order valence-electron chi connectivity index (χ2n) is 4.62. The van der Waals surface area contributed by atoms with Crippen molar-refractivity contribution < 1.29 is 19.4 Å². The average molecular weight is 283 g/mol. The van der Waals surface area contributed by atoms with E-state index in [0.717, 1.165) is 0 Å². The van der Waals surface area contributed by atoms with Gasteiger partial charge in [0.15, 0.2) is 11.9 Å². The van der Waals surface area contributed by atoms with Crippen molar-refractivity contribution in [3.63, 3.8) is 0 Å². The van der Waals surface area contributed by atoms with Crippen LogP contribution >= 0.6 is 0 Å². The predicted molar refractivity (Wildman–Crippen MR) is 66.9 cm³/mol. The van der Waals surface area contributed by atoms with Gasteiger partial charge >= 0.3 is 12.0 Å². The molecule has 9 nitrogen and oxygen atoms in total. The predicted octanol–water partition coefficient (Wildman–Crippen LogP) is -0.550. The van der Waals surface area contributed by atoms with Crippen LogP contribution in [0.5, 0.6) is 0 Å². The summed E-state index contributed by atoms with van der Waals surface area (Å²) in [5.74, 6) is 0.134. The van der Waals surface area contributed by atoms with Gasteiger partial charge in [0.1, 0.15) is 5.82 Å². The molecule has 0 aliphatic carbocycles. The van der Waals surface area contributed by atoms with Gasteiger partial charge in [-0.1, -0.05) is 0 Å². The van der Waals surface area contributed by atoms with Crippen molar-refractivity contribution in [3.8, 4) is 0 Å². The highest BCUT2D eigenvalue weighted by Gasteiger charge is 2.30. The number of nitrogens with zero attached hydrogens (tertiary/aromatic N) is 4. The standard InChI is InChI=1S/C11H17N5O4/c1-7-12-9(14-13-7)6-15(2)11(19)16-3-4-20-8(5-16)10(17)18/h8H,3-6H2,1-2H3,(H,17,18)(H,12,13,14). The van der Waals surface area contributed by atoms with Crippen LogP contribution in [0.15, 0.2) is 0 Å². The lowest BCUT2D eigenvalue weighted by molar-refractivity contribution is -0.154. The van der Waals surface area contributed by atoms with Crippen LogP contribution < -0.4 is 0 Å². The monoisotopic (exact) mass is 283 g/mol. The topological polar surface area (TPSA) is 112 Å². The Balaban J connectivity index is 1.94. The number of urea groups is 1. The molecular formula is C11H17N5O4. The summed E-state index contributed by atoms with van der Waals surface area (Å²) in [5, 5.41) is 15.6. The Morgan fingerprint density at radius 2 is 2.35 bits per heavy atom. The van der Waals surface area contributed by atoms with Crippen molar-refractivity contribution >= 4 is 12.0 Å². The number of H-pyrrole nitrogens is 1. The molecule has 20 heavy (non-hydrogen) atoms. The molecule has 1 aliphatic heterocycles. The van der Waals surface area contributed by atoms with Crippen molar-refractivity contribution in [2.45, 2.75) is 19.6 Å². The molecule has 1 aliphatic rings. The number of aromatic amines is 1. The molecule has 2 heterocycles. The third kappa shape index (κ3) is 3.23. The summed E-state index contributed by atoms with van der Waals surface area (Å²) in [5.41, 5.74) is 0. The second kappa shape index (κ2) is 5.87. The molecule has 9 heteroatoms. The first-order chi connectivity index (χ1) is 9.47. The number of hydrogen-bond donors (Lipinski definition) is 2. The minimum absolute atomic E-state index is 0.0472. The van der Waals surface area contributed by atoms with Crippen LogP contribution in [0, 0.1) is 6.92 Å². The van der Waals surface area contributed by atoms with Crippen molar-refractivity contribution in [3.05, 3.63) is 11.6 Å². The van der Waals surface area contributed by atoms with E-state index in [0.29, 0.717) is 18.2 Å². The lowest BCUT2D eigenvalue weighted by atomic mass is 10.3. The van der Waals surface area contributed by atoms with Gasteiger partial charge in [0.2, 0.25) is 0 Å². The summed E-state index contributed by atoms with van der Waals surface area (Å²) in [4.78, 5) is 30.1. The number of ether oxygens (including phenoxy) is 1. The normalized spacial score (nSPS) is 18.9. The molecule has 110 valence electrons. The van der Waals surface area contributed by atoms with E-state index < -0.39 is 12.1 Å². The van der Waals surface area contributed by atoms with Gasteiger partial charge in [0.25, 0.3) is 0 Å². The first kappa shape index (κ1) is 14.3. The Hall–Kier alpha value is -2.16. The maximum atomic E-state index is 12.2. The van der Waals surface area contributed by atoms with Gasteiger partial charge in [-0.15, -0.1) is 0 Å². The van der Waals surface area contributed by atoms with Crippen molar-refractivity contribution in [1.29, 1.82) is 0 Å². The molecule has 0 aromatic carbocycles. The smallest absolute Gasteiger partial charge is 0.334 e. The number of aromatic nitrogens is 3. The summed E-state index contributed by atoms with van der Waals surface area (Å²) in [6.45, 7) is 2.68. The van der Waals surface area contributed by atoms with Crippen LogP contribution in [0.4, 0.5) is 4.79 Å². The first-order valence-electron chi connectivity index (χ1n) is 6.19. The molecule has 1 saturated heterocycles. The Kier molecular flexibility index (Phi) is 4.18. The number of amides is 2. The van der Waals surface area contributed by atoms with Gasteiger partial charge in [-0.25, -0.2) is 14.6 Å². The molecule has 2 rings (SSSR count). The van der Waals surface area contributed by atoms with E-state index in [-0.39, 0.29) is 25.7 Å². The van der Waals surface area contributed by atoms with Crippen molar-refractivity contribution in [1.82, 2.24) is 25.0 Å². The Labute approximate surface area is 115 Å². The number of morpholine rings is 1. The molecule has 2 amide bonds. The van der Waals surface area contributed by atoms with Crippen molar-refractivity contribution in [2.24, 2.45) is 0 Å². The molecule has 1 atom stereocenters. The summed E-state index contributed by atoms with van der Waals surface area (Å²) < 4.78 is 5.08. The van der Waals surface area contributed by atoms with E-state index in [4.69, 9.17) is 9.84 Å². The Morgan fingerprint density at radius 1 is 1.60 bits per heavy atom. The lowest BCUT2D eigenvalue weighted by Crippen LogP contribution is -2.52. The van der Waals surface area contributed by atoms with Gasteiger partial charge in [-0.05, 0) is 6.92 Å². The molecule has 0 saturated carbocycles. The van der Waals surface area contributed by atoms with Crippen LogP contribution in [0.2, 0.25) is 0 Å². The van der Waals surface area contributed by atoms with Gasteiger partial charge in [0.05, 0.1) is 19.7 Å². The minimum Gasteiger partial charge on any atom is -0.479 e. The number of hydrogen-bond acceptors (Lipinski definition) is 5. The SMILES string of the molecule is Cc1nc(CN(C)C(=O)N2CCOC(C(=O)O)C2)n[nH]1. The van der Waals surface area contributed by atoms with E-state index in [9.17, 15) is 9.59 Å². The van der Waals surface area contributed by atoms with E-state index in [1.54, 1.807) is 14.0 Å². The van der Waals surface area contributed by atoms with Crippen LogP contribution in [-0.2, 0) is 16.1 Å². The van der Waals surface area contributed by atoms with E-state index in [1.807, 2.05) is 0 Å². The van der Waals surface area contributed by atoms with Gasteiger partial charge in [0, 0.05) is 13.6 Å². The van der Waals surface area contributed by atoms with Crippen molar-refractivity contribution in [2.75, 3.05) is 26.7 Å². The zero-order valence-corrected chi connectivity index (χ0v) is 11.4. The van der Waals surface area contributed by atoms with E-state index in [2.05, 4.69) is 15.2 Å². The quantitative estimate of drug-likeness (QED) is 0.770. The number of carbonyl (C=O) groups is 2. The average Bonchev–Trinajstić information content (AvgIpc) is 2.83. The number of aliphatic carboxylic acids is 1. The molecule has 0 radical (unpaired) electrons. The number of carbonyl (C=O) groups excluding carboxylic acids is 1. The molecule has 1 fully saturated rings. The highest BCUT2D eigenvalue weighted by molar-refractivity contribution is 5.77. The number of carboxylic acids is 1. The largest absolute Gasteiger partial charge is 0.479 e. The first-order valence-corrected chi connectivity index (χ1v) is 6.19. The number of rotatable bonds is 3. The zero-order valence-electron chi connectivity index (χ0n) is 11.4. The Bertz CT molecular complexity index is 503. The molecule has 0 bridgehead atoms. The van der Waals surface area contributed by atoms with Crippen LogP contribution in [-0.4, -0.2) is 74.9 Å². The maximum absolute atomic E-state index is 12.2. The summed E-state index contributed by atoms with van der Waals surface area (Å²) in [6.07, 6.45) is -0.966. The second-order valence-corrected chi connectivity index (χ2v) is 4.62. The summed E-state index contributed by atoms with van der Waals surface area (Å²) >= 11 is 0. The molecule has 1 unspecified atom stereocenters. The molecule has 1 aromatic heterocycles. The summed E-state index contributed by atoms with van der Waals surface area (Å²) in [6, 6.07) is -0.262. The third-order valence-corrected chi connectivity index (χ3v) is 2.96. The number of aryl methyl sites for hydroxylation is 1. The number of nitrogens with one attached hydrogen (secondary N) is 1. The fourth-order valence-corrected chi connectivity index (χ4v) is 1.95. The highest BCUT2D eigenvalue weighted by Crippen LogP contribution is 2.09. The number of carboxylic acid groups (broad SMARTS) is 1. The van der Waals surface area contributed by atoms with Crippen LogP contribution in [0.3, 0.4) is 0 Å². The molecule has 0 spiro atoms. The van der Waals surface area contributed by atoms with E-state index in [1.165, 1.54) is 9.80 Å². The zero-order chi connectivity index (χ0) is 14.7. The third-order valence-electron chi connectivity index (χ3n) is 2.96. The maximum Gasteiger partial charge on any atom is 0.334 e. The fourth-order valence-electron chi connectivity index (χ4n) is 1.95. The van der Waals surface area contributed by atoms with Crippen LogP contribution in [0.1, 0.15) is 11.6 Å².